The topological polar surface area (TPSA) is 40.1 Å². The molecule has 0 N–H and O–H groups in total. The van der Waals surface area contributed by atoms with Crippen molar-refractivity contribution in [3.63, 3.8) is 0 Å². The molecule has 1 atom stereocenters. The monoisotopic (exact) mass is 223 g/mol. The quantitative estimate of drug-likeness (QED) is 0.575. The van der Waals surface area contributed by atoms with E-state index in [-0.39, 0.29) is 6.42 Å². The first-order chi connectivity index (χ1) is 6.52. The van der Waals surface area contributed by atoms with Gasteiger partial charge in [-0.15, -0.1) is 0 Å². The molecule has 0 aromatic heterocycles. The highest BCUT2D eigenvalue weighted by Crippen LogP contribution is 2.16. The lowest BCUT2D eigenvalue weighted by molar-refractivity contribution is 0.480. The Balaban J connectivity index is 2.95. The van der Waals surface area contributed by atoms with Gasteiger partial charge in [-0.05, 0) is 18.6 Å². The second kappa shape index (κ2) is 4.56. The van der Waals surface area contributed by atoms with Crippen molar-refractivity contribution in [2.45, 2.75) is 6.42 Å². The van der Waals surface area contributed by atoms with Gasteiger partial charge in [0.1, 0.15) is 5.82 Å². The molecule has 0 amide bonds. The summed E-state index contributed by atoms with van der Waals surface area (Å²) in [6, 6.07) is 1.42. The molecule has 1 rings (SSSR count). The van der Waals surface area contributed by atoms with Crippen LogP contribution in [0.5, 0.6) is 0 Å². The molecule has 0 aliphatic heterocycles. The van der Waals surface area contributed by atoms with Crippen molar-refractivity contribution in [2.24, 2.45) is 0 Å². The molecule has 78 valence electrons. The van der Waals surface area contributed by atoms with Crippen molar-refractivity contribution in [2.75, 3.05) is 5.75 Å². The lowest BCUT2D eigenvalue weighted by Crippen LogP contribution is -2.05. The van der Waals surface area contributed by atoms with E-state index in [1.807, 2.05) is 0 Å². The van der Waals surface area contributed by atoms with Gasteiger partial charge < -0.3 is 4.55 Å². The van der Waals surface area contributed by atoms with Gasteiger partial charge in [0.15, 0.2) is 11.6 Å². The minimum Gasteiger partial charge on any atom is -0.772 e. The van der Waals surface area contributed by atoms with Crippen LogP contribution in [0.15, 0.2) is 12.1 Å². The minimum atomic E-state index is -2.39. The second-order valence-corrected chi connectivity index (χ2v) is 3.60. The molecule has 1 aromatic carbocycles. The second-order valence-electron chi connectivity index (χ2n) is 2.58. The fourth-order valence-corrected chi connectivity index (χ4v) is 1.35. The normalized spacial score (nSPS) is 12.9. The number of benzene rings is 1. The van der Waals surface area contributed by atoms with Gasteiger partial charge in [0, 0.05) is 11.3 Å². The van der Waals surface area contributed by atoms with Crippen LogP contribution in [0.2, 0.25) is 0 Å². The highest BCUT2D eigenvalue weighted by molar-refractivity contribution is 7.79. The summed E-state index contributed by atoms with van der Waals surface area (Å²) in [7, 11) is 0. The lowest BCUT2D eigenvalue weighted by Gasteiger charge is -2.07. The molecule has 2 nitrogen and oxygen atoms in total. The molecule has 0 spiro atoms. The van der Waals surface area contributed by atoms with Gasteiger partial charge in [0.05, 0.1) is 0 Å². The van der Waals surface area contributed by atoms with Crippen molar-refractivity contribution >= 4 is 11.1 Å². The largest absolute Gasteiger partial charge is 0.772 e. The zero-order chi connectivity index (χ0) is 10.7. The molecule has 0 saturated carbocycles. The van der Waals surface area contributed by atoms with E-state index in [0.717, 1.165) is 6.07 Å². The van der Waals surface area contributed by atoms with Gasteiger partial charge >= 0.3 is 0 Å². The predicted octanol–water partition coefficient (Wildman–Crippen LogP) is 1.53. The molecule has 0 radical (unpaired) electrons. The third-order valence-corrected chi connectivity index (χ3v) is 2.20. The first-order valence-corrected chi connectivity index (χ1v) is 4.95. The number of hydrogen-bond acceptors (Lipinski definition) is 2. The van der Waals surface area contributed by atoms with Crippen molar-refractivity contribution in [3.05, 3.63) is 35.1 Å². The van der Waals surface area contributed by atoms with Crippen molar-refractivity contribution in [1.29, 1.82) is 0 Å². The van der Waals surface area contributed by atoms with Crippen LogP contribution in [-0.2, 0) is 17.5 Å². The zero-order valence-electron chi connectivity index (χ0n) is 6.93. The Labute approximate surface area is 81.0 Å². The van der Waals surface area contributed by atoms with Crippen LogP contribution in [0.25, 0.3) is 0 Å². The number of rotatable bonds is 3. The van der Waals surface area contributed by atoms with E-state index < -0.39 is 39.8 Å². The third-order valence-electron chi connectivity index (χ3n) is 1.66. The molecule has 1 aromatic rings. The Bertz CT molecular complexity index is 368. The van der Waals surface area contributed by atoms with Crippen molar-refractivity contribution in [3.8, 4) is 0 Å². The molecule has 1 unspecified atom stereocenters. The summed E-state index contributed by atoms with van der Waals surface area (Å²) in [6.45, 7) is 0. The summed E-state index contributed by atoms with van der Waals surface area (Å²) in [5.41, 5.74) is -0.533. The molecule has 0 heterocycles. The Morgan fingerprint density at radius 2 is 1.79 bits per heavy atom. The van der Waals surface area contributed by atoms with Crippen molar-refractivity contribution in [1.82, 2.24) is 0 Å². The predicted molar refractivity (Wildman–Crippen MR) is 43.8 cm³/mol. The summed E-state index contributed by atoms with van der Waals surface area (Å²) in [5, 5.41) is 0. The van der Waals surface area contributed by atoms with Crippen LogP contribution in [0.4, 0.5) is 13.2 Å². The summed E-state index contributed by atoms with van der Waals surface area (Å²) >= 11 is -2.39. The summed E-state index contributed by atoms with van der Waals surface area (Å²) in [5.74, 6) is -3.88. The van der Waals surface area contributed by atoms with E-state index in [0.29, 0.717) is 6.07 Å². The SMILES string of the molecule is O=S([O-])CCc1c(F)ccc(F)c1F. The molecule has 0 aliphatic carbocycles. The minimum absolute atomic E-state index is 0.370. The van der Waals surface area contributed by atoms with Gasteiger partial charge in [-0.25, -0.2) is 13.2 Å². The average Bonchev–Trinajstić information content (AvgIpc) is 2.11. The van der Waals surface area contributed by atoms with Gasteiger partial charge in [0.2, 0.25) is 0 Å². The van der Waals surface area contributed by atoms with E-state index in [1.54, 1.807) is 0 Å². The van der Waals surface area contributed by atoms with Crippen LogP contribution in [-0.4, -0.2) is 14.5 Å². The first kappa shape index (κ1) is 11.2. The highest BCUT2D eigenvalue weighted by atomic mass is 32.2. The molecule has 0 bridgehead atoms. The van der Waals surface area contributed by atoms with E-state index in [1.165, 1.54) is 0 Å². The van der Waals surface area contributed by atoms with Crippen LogP contribution < -0.4 is 0 Å². The molecule has 14 heavy (non-hydrogen) atoms. The Kier molecular flexibility index (Phi) is 3.65. The Hall–Kier alpha value is -0.880. The van der Waals surface area contributed by atoms with Gasteiger partial charge in [-0.1, -0.05) is 11.1 Å². The van der Waals surface area contributed by atoms with Gasteiger partial charge in [0.25, 0.3) is 0 Å². The molecule has 6 heteroatoms. The molecule has 0 fully saturated rings. The fourth-order valence-electron chi connectivity index (χ4n) is 0.984. The van der Waals surface area contributed by atoms with Crippen molar-refractivity contribution < 1.29 is 21.9 Å². The van der Waals surface area contributed by atoms with E-state index in [9.17, 15) is 21.9 Å². The van der Waals surface area contributed by atoms with E-state index in [2.05, 4.69) is 0 Å². The van der Waals surface area contributed by atoms with Crippen LogP contribution in [0.3, 0.4) is 0 Å². The van der Waals surface area contributed by atoms with Gasteiger partial charge in [-0.3, -0.25) is 4.21 Å². The maximum Gasteiger partial charge on any atom is 0.164 e. The Morgan fingerprint density at radius 1 is 1.21 bits per heavy atom. The number of halogens is 3. The van der Waals surface area contributed by atoms with Gasteiger partial charge in [-0.2, -0.15) is 0 Å². The van der Waals surface area contributed by atoms with Crippen LogP contribution in [0.1, 0.15) is 5.56 Å². The average molecular weight is 223 g/mol. The number of hydrogen-bond donors (Lipinski definition) is 0. The maximum atomic E-state index is 12.9. The van der Waals surface area contributed by atoms with E-state index in [4.69, 9.17) is 0 Å². The van der Waals surface area contributed by atoms with Crippen LogP contribution >= 0.6 is 0 Å². The lowest BCUT2D eigenvalue weighted by atomic mass is 10.1. The fraction of sp³-hybridized carbons (Fsp3) is 0.250. The maximum absolute atomic E-state index is 12.9. The smallest absolute Gasteiger partial charge is 0.164 e. The molecule has 0 aliphatic rings. The highest BCUT2D eigenvalue weighted by Gasteiger charge is 2.12. The molecule has 0 saturated heterocycles. The third kappa shape index (κ3) is 2.55. The zero-order valence-corrected chi connectivity index (χ0v) is 7.74. The Morgan fingerprint density at radius 3 is 2.36 bits per heavy atom. The summed E-state index contributed by atoms with van der Waals surface area (Å²) < 4.78 is 58.6. The standard InChI is InChI=1S/C8H7F3O2S/c9-6-1-2-7(10)8(11)5(6)3-4-14(12)13/h1-2H,3-4H2,(H,12,13)/p-1. The summed E-state index contributed by atoms with van der Waals surface area (Å²) in [4.78, 5) is 0. The molecular formula is C8H6F3O2S-. The molecular weight excluding hydrogens is 217 g/mol. The van der Waals surface area contributed by atoms with Crippen LogP contribution in [0, 0.1) is 17.5 Å². The summed E-state index contributed by atoms with van der Waals surface area (Å²) in [6.07, 6.45) is -0.370. The first-order valence-electron chi connectivity index (χ1n) is 3.70. The van der Waals surface area contributed by atoms with E-state index >= 15 is 0 Å².